The third kappa shape index (κ3) is 3.68. The molecular formula is C13H13ClN2O2S. The molecule has 100 valence electrons. The monoisotopic (exact) mass is 296 g/mol. The number of anilines is 1. The number of benzene rings is 1. The first-order valence-corrected chi connectivity index (χ1v) is 7.00. The van der Waals surface area contributed by atoms with Crippen LogP contribution < -0.4 is 5.32 Å². The van der Waals surface area contributed by atoms with Gasteiger partial charge in [0.05, 0.1) is 21.3 Å². The molecule has 4 nitrogen and oxygen atoms in total. The van der Waals surface area contributed by atoms with Crippen LogP contribution in [0.1, 0.15) is 21.1 Å². The number of aromatic nitrogens is 1. The van der Waals surface area contributed by atoms with Gasteiger partial charge >= 0.3 is 5.97 Å². The van der Waals surface area contributed by atoms with Crippen molar-refractivity contribution in [3.8, 4) is 0 Å². The Hall–Kier alpha value is -1.59. The summed E-state index contributed by atoms with van der Waals surface area (Å²) in [6.07, 6.45) is 0.822. The lowest BCUT2D eigenvalue weighted by atomic mass is 10.2. The number of aryl methyl sites for hydroxylation is 1. The van der Waals surface area contributed by atoms with E-state index in [2.05, 4.69) is 10.3 Å². The Morgan fingerprint density at radius 2 is 2.32 bits per heavy atom. The van der Waals surface area contributed by atoms with Crippen LogP contribution in [0.5, 0.6) is 0 Å². The third-order valence-electron chi connectivity index (χ3n) is 2.58. The minimum Gasteiger partial charge on any atom is -0.478 e. The molecule has 1 heterocycles. The second kappa shape index (κ2) is 6.04. The van der Waals surface area contributed by atoms with E-state index in [-0.39, 0.29) is 10.6 Å². The number of nitrogens with zero attached hydrogens (tertiary/aromatic N) is 1. The molecule has 0 atom stereocenters. The minimum absolute atomic E-state index is 0.113. The average molecular weight is 297 g/mol. The fourth-order valence-electron chi connectivity index (χ4n) is 1.66. The van der Waals surface area contributed by atoms with Crippen LogP contribution in [0.2, 0.25) is 5.02 Å². The van der Waals surface area contributed by atoms with Crippen LogP contribution in [0.4, 0.5) is 5.69 Å². The predicted octanol–water partition coefficient (Wildman–Crippen LogP) is 3.46. The molecule has 2 rings (SSSR count). The summed E-state index contributed by atoms with van der Waals surface area (Å²) in [4.78, 5) is 15.2. The Kier molecular flexibility index (Phi) is 4.39. The summed E-state index contributed by atoms with van der Waals surface area (Å²) >= 11 is 7.53. The minimum atomic E-state index is -1.02. The highest BCUT2D eigenvalue weighted by Crippen LogP contribution is 2.21. The highest BCUT2D eigenvalue weighted by molar-refractivity contribution is 7.09. The zero-order valence-electron chi connectivity index (χ0n) is 10.3. The summed E-state index contributed by atoms with van der Waals surface area (Å²) in [7, 11) is 0. The Morgan fingerprint density at radius 3 is 2.89 bits per heavy atom. The Bertz CT molecular complexity index is 598. The fourth-order valence-corrected chi connectivity index (χ4v) is 2.56. The molecule has 0 aliphatic rings. The number of carbonyl (C=O) groups is 1. The highest BCUT2D eigenvalue weighted by Gasteiger charge is 2.08. The van der Waals surface area contributed by atoms with Crippen LogP contribution >= 0.6 is 22.9 Å². The number of hydrogen-bond acceptors (Lipinski definition) is 4. The van der Waals surface area contributed by atoms with Crippen LogP contribution in [0.3, 0.4) is 0 Å². The van der Waals surface area contributed by atoms with Crippen molar-refractivity contribution in [2.45, 2.75) is 13.3 Å². The van der Waals surface area contributed by atoms with Crippen LogP contribution in [0.15, 0.2) is 23.6 Å². The molecule has 2 N–H and O–H groups in total. The molecule has 2 aromatic rings. The van der Waals surface area contributed by atoms with E-state index in [9.17, 15) is 4.79 Å². The largest absolute Gasteiger partial charge is 0.478 e. The van der Waals surface area contributed by atoms with Gasteiger partial charge in [0.2, 0.25) is 0 Å². The molecule has 0 unspecified atom stereocenters. The predicted molar refractivity (Wildman–Crippen MR) is 77.5 cm³/mol. The van der Waals surface area contributed by atoms with Gasteiger partial charge in [-0.3, -0.25) is 0 Å². The van der Waals surface area contributed by atoms with Crippen molar-refractivity contribution >= 4 is 34.6 Å². The number of aromatic carboxylic acids is 1. The van der Waals surface area contributed by atoms with Crippen LogP contribution in [-0.2, 0) is 6.42 Å². The molecule has 0 saturated carbocycles. The molecule has 0 radical (unpaired) electrons. The molecule has 1 aromatic carbocycles. The van der Waals surface area contributed by atoms with Crippen LogP contribution in [-0.4, -0.2) is 22.6 Å². The first kappa shape index (κ1) is 13.8. The average Bonchev–Trinajstić information content (AvgIpc) is 2.75. The van der Waals surface area contributed by atoms with Gasteiger partial charge in [-0.1, -0.05) is 11.6 Å². The molecule has 1 aromatic heterocycles. The quantitative estimate of drug-likeness (QED) is 0.887. The van der Waals surface area contributed by atoms with Crippen molar-refractivity contribution in [2.75, 3.05) is 11.9 Å². The van der Waals surface area contributed by atoms with E-state index in [0.717, 1.165) is 29.4 Å². The summed E-state index contributed by atoms with van der Waals surface area (Å²) in [5, 5.41) is 15.4. The van der Waals surface area contributed by atoms with Gasteiger partial charge in [0.15, 0.2) is 0 Å². The molecule has 0 aliphatic heterocycles. The van der Waals surface area contributed by atoms with E-state index in [1.54, 1.807) is 23.5 Å². The topological polar surface area (TPSA) is 62.2 Å². The maximum atomic E-state index is 10.8. The van der Waals surface area contributed by atoms with Gasteiger partial charge in [-0.2, -0.15) is 0 Å². The molecule has 0 spiro atoms. The van der Waals surface area contributed by atoms with Gasteiger partial charge in [-0.05, 0) is 25.1 Å². The molecular weight excluding hydrogens is 284 g/mol. The van der Waals surface area contributed by atoms with Gasteiger partial charge in [0.1, 0.15) is 0 Å². The maximum Gasteiger partial charge on any atom is 0.337 e. The van der Waals surface area contributed by atoms with E-state index in [1.807, 2.05) is 12.3 Å². The van der Waals surface area contributed by atoms with Crippen molar-refractivity contribution in [1.82, 2.24) is 4.98 Å². The molecule has 0 amide bonds. The standard InChI is InChI=1S/C13H13ClN2O2S/c1-8-16-10(7-19-8)4-5-15-9-2-3-11(13(17)18)12(14)6-9/h2-3,6-7,15H,4-5H2,1H3,(H,17,18). The number of carboxylic acid groups (broad SMARTS) is 1. The van der Waals surface area contributed by atoms with E-state index < -0.39 is 5.97 Å². The zero-order valence-corrected chi connectivity index (χ0v) is 11.9. The summed E-state index contributed by atoms with van der Waals surface area (Å²) in [6, 6.07) is 4.83. The lowest BCUT2D eigenvalue weighted by Crippen LogP contribution is -2.06. The van der Waals surface area contributed by atoms with E-state index in [1.165, 1.54) is 6.07 Å². The maximum absolute atomic E-state index is 10.8. The number of nitrogens with one attached hydrogen (secondary N) is 1. The molecule has 6 heteroatoms. The van der Waals surface area contributed by atoms with Gasteiger partial charge in [-0.15, -0.1) is 11.3 Å². The normalized spacial score (nSPS) is 10.4. The summed E-state index contributed by atoms with van der Waals surface area (Å²) in [6.45, 7) is 2.71. The van der Waals surface area contributed by atoms with E-state index >= 15 is 0 Å². The number of thiazole rings is 1. The van der Waals surface area contributed by atoms with Gasteiger partial charge in [0, 0.05) is 24.0 Å². The molecule has 19 heavy (non-hydrogen) atoms. The number of carboxylic acids is 1. The van der Waals surface area contributed by atoms with Crippen molar-refractivity contribution in [3.05, 3.63) is 44.9 Å². The summed E-state index contributed by atoms with van der Waals surface area (Å²) in [5.41, 5.74) is 1.98. The smallest absolute Gasteiger partial charge is 0.337 e. The number of hydrogen-bond donors (Lipinski definition) is 2. The van der Waals surface area contributed by atoms with E-state index in [4.69, 9.17) is 16.7 Å². The zero-order chi connectivity index (χ0) is 13.8. The second-order valence-electron chi connectivity index (χ2n) is 4.03. The lowest BCUT2D eigenvalue weighted by molar-refractivity contribution is 0.0697. The van der Waals surface area contributed by atoms with E-state index in [0.29, 0.717) is 0 Å². The molecule has 0 saturated heterocycles. The second-order valence-corrected chi connectivity index (χ2v) is 5.50. The van der Waals surface area contributed by atoms with Gasteiger partial charge < -0.3 is 10.4 Å². The van der Waals surface area contributed by atoms with Crippen LogP contribution in [0, 0.1) is 6.92 Å². The van der Waals surface area contributed by atoms with Crippen molar-refractivity contribution in [3.63, 3.8) is 0 Å². The molecule has 0 aliphatic carbocycles. The Labute approximate surface area is 120 Å². The first-order valence-electron chi connectivity index (χ1n) is 5.74. The van der Waals surface area contributed by atoms with Crippen molar-refractivity contribution in [2.24, 2.45) is 0 Å². The fraction of sp³-hybridized carbons (Fsp3) is 0.231. The van der Waals surface area contributed by atoms with Crippen molar-refractivity contribution < 1.29 is 9.90 Å². The van der Waals surface area contributed by atoms with Gasteiger partial charge in [-0.25, -0.2) is 9.78 Å². The Balaban J connectivity index is 1.93. The van der Waals surface area contributed by atoms with Crippen LogP contribution in [0.25, 0.3) is 0 Å². The summed E-state index contributed by atoms with van der Waals surface area (Å²) < 4.78 is 0. The molecule has 0 bridgehead atoms. The number of halogens is 1. The first-order chi connectivity index (χ1) is 9.06. The van der Waals surface area contributed by atoms with Crippen molar-refractivity contribution in [1.29, 1.82) is 0 Å². The summed E-state index contributed by atoms with van der Waals surface area (Å²) in [5.74, 6) is -1.02. The highest BCUT2D eigenvalue weighted by atomic mass is 35.5. The lowest BCUT2D eigenvalue weighted by Gasteiger charge is -2.07. The van der Waals surface area contributed by atoms with Gasteiger partial charge in [0.25, 0.3) is 0 Å². The molecule has 0 fully saturated rings. The number of rotatable bonds is 5. The Morgan fingerprint density at radius 1 is 1.53 bits per heavy atom. The third-order valence-corrected chi connectivity index (χ3v) is 3.71. The SMILES string of the molecule is Cc1nc(CCNc2ccc(C(=O)O)c(Cl)c2)cs1.